The van der Waals surface area contributed by atoms with Crippen molar-refractivity contribution in [3.05, 3.63) is 116 Å². The first-order chi connectivity index (χ1) is 11.9. The second-order valence-corrected chi connectivity index (χ2v) is 5.14. The Kier molecular flexibility index (Phi) is 5.47. The van der Waals surface area contributed by atoms with Crippen LogP contribution in [0.25, 0.3) is 0 Å². The summed E-state index contributed by atoms with van der Waals surface area (Å²) >= 11 is 0. The van der Waals surface area contributed by atoms with Crippen molar-refractivity contribution in [3.63, 3.8) is 0 Å². The fourth-order valence-electron chi connectivity index (χ4n) is 2.41. The summed E-state index contributed by atoms with van der Waals surface area (Å²) in [5.41, 5.74) is 3.50. The van der Waals surface area contributed by atoms with E-state index in [4.69, 9.17) is 0 Å². The molecule has 1 aromatic heterocycles. The second-order valence-electron chi connectivity index (χ2n) is 5.14. The maximum Gasteiger partial charge on any atom is 0.0902 e. The van der Waals surface area contributed by atoms with Gasteiger partial charge in [0.1, 0.15) is 0 Å². The van der Waals surface area contributed by atoms with Crippen molar-refractivity contribution in [2.45, 2.75) is 0 Å². The summed E-state index contributed by atoms with van der Waals surface area (Å²) in [6.07, 6.45) is 3.25. The molecule has 0 aliphatic rings. The predicted molar refractivity (Wildman–Crippen MR) is 99.8 cm³/mol. The van der Waals surface area contributed by atoms with E-state index in [9.17, 15) is 0 Å². The molecule has 2 heteroatoms. The number of nitrogens with zero attached hydrogens (tertiary/aromatic N) is 1. The Bertz CT molecular complexity index is 685. The third-order valence-electron chi connectivity index (χ3n) is 3.47. The lowest BCUT2D eigenvalue weighted by atomic mass is 10.2. The van der Waals surface area contributed by atoms with Crippen LogP contribution in [0, 0.1) is 0 Å². The summed E-state index contributed by atoms with van der Waals surface area (Å²) in [4.78, 5) is 2.25. The quantitative estimate of drug-likeness (QED) is 0.433. The van der Waals surface area contributed by atoms with E-state index in [1.54, 1.807) is 12.5 Å². The largest absolute Gasteiger partial charge is 0.473 e. The topological polar surface area (TPSA) is 16.4 Å². The molecule has 0 bridgehead atoms. The van der Waals surface area contributed by atoms with Gasteiger partial charge in [-0.3, -0.25) is 0 Å². The molecule has 4 aromatic rings. The molecular formula is C22H19NO. The number of furan rings is 1. The van der Waals surface area contributed by atoms with Crippen molar-refractivity contribution >= 4 is 17.1 Å². The van der Waals surface area contributed by atoms with E-state index in [1.807, 2.05) is 30.3 Å². The maximum absolute atomic E-state index is 4.58. The van der Waals surface area contributed by atoms with Gasteiger partial charge in [-0.1, -0.05) is 54.6 Å². The van der Waals surface area contributed by atoms with Crippen molar-refractivity contribution < 1.29 is 4.42 Å². The highest BCUT2D eigenvalue weighted by molar-refractivity contribution is 5.76. The van der Waals surface area contributed by atoms with Crippen LogP contribution in [0.4, 0.5) is 17.1 Å². The minimum absolute atomic E-state index is 1.17. The number of benzene rings is 3. The van der Waals surface area contributed by atoms with Crippen molar-refractivity contribution in [2.24, 2.45) is 0 Å². The predicted octanol–water partition coefficient (Wildman–Crippen LogP) is 6.44. The lowest BCUT2D eigenvalue weighted by molar-refractivity contribution is 0.567. The minimum atomic E-state index is 1.17. The maximum atomic E-state index is 4.58. The van der Waals surface area contributed by atoms with Crippen LogP contribution in [0.2, 0.25) is 0 Å². The molecular weight excluding hydrogens is 294 g/mol. The van der Waals surface area contributed by atoms with Crippen LogP contribution >= 0.6 is 0 Å². The van der Waals surface area contributed by atoms with E-state index in [0.717, 1.165) is 0 Å². The van der Waals surface area contributed by atoms with Crippen molar-refractivity contribution in [1.29, 1.82) is 0 Å². The van der Waals surface area contributed by atoms with Crippen molar-refractivity contribution in [2.75, 3.05) is 4.90 Å². The van der Waals surface area contributed by atoms with Crippen molar-refractivity contribution in [1.82, 2.24) is 0 Å². The molecule has 0 aliphatic heterocycles. The molecule has 0 aliphatic carbocycles. The van der Waals surface area contributed by atoms with E-state index in [1.165, 1.54) is 17.1 Å². The number of anilines is 3. The molecule has 118 valence electrons. The van der Waals surface area contributed by atoms with Gasteiger partial charge in [-0.15, -0.1) is 0 Å². The van der Waals surface area contributed by atoms with Gasteiger partial charge in [0.05, 0.1) is 12.5 Å². The Morgan fingerprint density at radius 1 is 0.417 bits per heavy atom. The summed E-state index contributed by atoms with van der Waals surface area (Å²) in [7, 11) is 0. The molecule has 24 heavy (non-hydrogen) atoms. The molecule has 0 saturated carbocycles. The number of hydrogen-bond donors (Lipinski definition) is 0. The van der Waals surface area contributed by atoms with Crippen molar-refractivity contribution in [3.8, 4) is 0 Å². The highest BCUT2D eigenvalue weighted by atomic mass is 16.3. The van der Waals surface area contributed by atoms with Gasteiger partial charge in [-0.05, 0) is 48.5 Å². The first-order valence-electron chi connectivity index (χ1n) is 7.87. The SMILES string of the molecule is c1ccc(N(c2ccccc2)c2ccccc2)cc1.c1ccoc1. The highest BCUT2D eigenvalue weighted by Crippen LogP contribution is 2.33. The van der Waals surface area contributed by atoms with E-state index >= 15 is 0 Å². The Labute approximate surface area is 142 Å². The molecule has 0 radical (unpaired) electrons. The monoisotopic (exact) mass is 313 g/mol. The fourth-order valence-corrected chi connectivity index (χ4v) is 2.41. The van der Waals surface area contributed by atoms with Gasteiger partial charge in [0.15, 0.2) is 0 Å². The first-order valence-corrected chi connectivity index (χ1v) is 7.87. The number of para-hydroxylation sites is 3. The zero-order chi connectivity index (χ0) is 16.5. The molecule has 0 atom stereocenters. The summed E-state index contributed by atoms with van der Waals surface area (Å²) in [5, 5.41) is 0. The Morgan fingerprint density at radius 3 is 1.00 bits per heavy atom. The van der Waals surface area contributed by atoms with E-state index < -0.39 is 0 Å². The van der Waals surface area contributed by atoms with Gasteiger partial charge < -0.3 is 9.32 Å². The molecule has 0 amide bonds. The highest BCUT2D eigenvalue weighted by Gasteiger charge is 2.10. The average Bonchev–Trinajstić information content (AvgIpc) is 3.25. The van der Waals surface area contributed by atoms with Gasteiger partial charge in [-0.25, -0.2) is 0 Å². The number of hydrogen-bond acceptors (Lipinski definition) is 2. The van der Waals surface area contributed by atoms with Crippen LogP contribution in [0.1, 0.15) is 0 Å². The Balaban J connectivity index is 0.000000290. The molecule has 2 nitrogen and oxygen atoms in total. The minimum Gasteiger partial charge on any atom is -0.473 e. The Hall–Kier alpha value is -3.26. The lowest BCUT2D eigenvalue weighted by Crippen LogP contribution is -2.09. The molecule has 1 heterocycles. The van der Waals surface area contributed by atoms with Gasteiger partial charge in [0.2, 0.25) is 0 Å². The van der Waals surface area contributed by atoms with Crippen LogP contribution in [0.3, 0.4) is 0 Å². The van der Waals surface area contributed by atoms with Gasteiger partial charge in [-0.2, -0.15) is 0 Å². The average molecular weight is 313 g/mol. The summed E-state index contributed by atoms with van der Waals surface area (Å²) < 4.78 is 4.58. The zero-order valence-electron chi connectivity index (χ0n) is 13.3. The van der Waals surface area contributed by atoms with E-state index in [0.29, 0.717) is 0 Å². The van der Waals surface area contributed by atoms with Crippen LogP contribution in [-0.2, 0) is 0 Å². The summed E-state index contributed by atoms with van der Waals surface area (Å²) in [6, 6.07) is 34.9. The van der Waals surface area contributed by atoms with Crippen LogP contribution in [0.15, 0.2) is 120 Å². The zero-order valence-corrected chi connectivity index (χ0v) is 13.3. The standard InChI is InChI=1S/C18H15N.C4H4O/c1-4-10-16(11-5-1)19(17-12-6-2-7-13-17)18-14-8-3-9-15-18;1-2-4-5-3-1/h1-15H;1-4H. The van der Waals surface area contributed by atoms with Gasteiger partial charge >= 0.3 is 0 Å². The third-order valence-corrected chi connectivity index (χ3v) is 3.47. The number of rotatable bonds is 3. The molecule has 0 spiro atoms. The normalized spacial score (nSPS) is 9.67. The molecule has 0 N–H and O–H groups in total. The van der Waals surface area contributed by atoms with Crippen LogP contribution in [-0.4, -0.2) is 0 Å². The first kappa shape index (κ1) is 15.6. The summed E-state index contributed by atoms with van der Waals surface area (Å²) in [6.45, 7) is 0. The van der Waals surface area contributed by atoms with Gasteiger partial charge in [0.25, 0.3) is 0 Å². The van der Waals surface area contributed by atoms with Crippen LogP contribution in [0.5, 0.6) is 0 Å². The molecule has 0 saturated heterocycles. The smallest absolute Gasteiger partial charge is 0.0902 e. The molecule has 0 unspecified atom stereocenters. The third kappa shape index (κ3) is 4.14. The fraction of sp³-hybridized carbons (Fsp3) is 0. The second kappa shape index (κ2) is 8.39. The molecule has 4 rings (SSSR count). The van der Waals surface area contributed by atoms with E-state index in [2.05, 4.69) is 82.1 Å². The lowest BCUT2D eigenvalue weighted by Gasteiger charge is -2.25. The molecule has 0 fully saturated rings. The summed E-state index contributed by atoms with van der Waals surface area (Å²) in [5.74, 6) is 0. The van der Waals surface area contributed by atoms with Gasteiger partial charge in [0, 0.05) is 17.1 Å². The Morgan fingerprint density at radius 2 is 0.750 bits per heavy atom. The van der Waals surface area contributed by atoms with Crippen LogP contribution < -0.4 is 4.90 Å². The van der Waals surface area contributed by atoms with E-state index in [-0.39, 0.29) is 0 Å². The molecule has 3 aromatic carbocycles.